The van der Waals surface area contributed by atoms with Gasteiger partial charge in [-0.3, -0.25) is 0 Å². The first kappa shape index (κ1) is 16.5. The second kappa shape index (κ2) is 6.72. The van der Waals surface area contributed by atoms with Gasteiger partial charge in [0.2, 0.25) is 0 Å². The topological polar surface area (TPSA) is 77.8 Å². The lowest BCUT2D eigenvalue weighted by atomic mass is 10.1. The number of aliphatic imine (C=N–C) groups is 1. The van der Waals surface area contributed by atoms with E-state index >= 15 is 0 Å². The fourth-order valence-corrected chi connectivity index (χ4v) is 3.76. The summed E-state index contributed by atoms with van der Waals surface area (Å²) in [5.41, 5.74) is 8.37. The minimum absolute atomic E-state index is 0.269. The van der Waals surface area contributed by atoms with Gasteiger partial charge in [-0.05, 0) is 30.3 Å². The summed E-state index contributed by atoms with van der Waals surface area (Å²) in [5.74, 6) is 0.733. The van der Waals surface area contributed by atoms with Gasteiger partial charge >= 0.3 is 5.63 Å². The van der Waals surface area contributed by atoms with Crippen LogP contribution in [0.25, 0.3) is 16.7 Å². The maximum atomic E-state index is 12.5. The summed E-state index contributed by atoms with van der Waals surface area (Å²) in [6.07, 6.45) is 1.93. The molecule has 1 aliphatic heterocycles. The number of ether oxygens (including phenoxy) is 1. The lowest BCUT2D eigenvalue weighted by Gasteiger charge is -2.18. The smallest absolute Gasteiger partial charge is 0.340 e. The SMILES string of the molecule is COc1cccc(C2=CC(c3cc4ccccc4oc3=O)SC(N)=N2)c1. The summed E-state index contributed by atoms with van der Waals surface area (Å²) in [4.78, 5) is 16.9. The summed E-state index contributed by atoms with van der Waals surface area (Å²) < 4.78 is 10.7. The molecular weight excluding hydrogens is 348 g/mol. The lowest BCUT2D eigenvalue weighted by molar-refractivity contribution is 0.414. The van der Waals surface area contributed by atoms with Crippen LogP contribution < -0.4 is 16.1 Å². The van der Waals surface area contributed by atoms with Crippen LogP contribution in [0.4, 0.5) is 0 Å². The summed E-state index contributed by atoms with van der Waals surface area (Å²) in [7, 11) is 1.62. The van der Waals surface area contributed by atoms with Crippen LogP contribution >= 0.6 is 11.8 Å². The highest BCUT2D eigenvalue weighted by atomic mass is 32.2. The van der Waals surface area contributed by atoms with Crippen molar-refractivity contribution in [2.75, 3.05) is 7.11 Å². The molecule has 6 heteroatoms. The number of hydrogen-bond acceptors (Lipinski definition) is 6. The van der Waals surface area contributed by atoms with Crippen molar-refractivity contribution < 1.29 is 9.15 Å². The van der Waals surface area contributed by atoms with Crippen molar-refractivity contribution in [2.45, 2.75) is 5.25 Å². The van der Waals surface area contributed by atoms with Crippen molar-refractivity contribution >= 4 is 33.6 Å². The second-order valence-corrected chi connectivity index (χ2v) is 6.96. The monoisotopic (exact) mass is 364 g/mol. The van der Waals surface area contributed by atoms with E-state index in [1.807, 2.05) is 54.6 Å². The molecule has 0 saturated heterocycles. The van der Waals surface area contributed by atoms with E-state index in [-0.39, 0.29) is 10.9 Å². The van der Waals surface area contributed by atoms with Gasteiger partial charge in [-0.25, -0.2) is 9.79 Å². The molecule has 1 atom stereocenters. The molecule has 1 unspecified atom stereocenters. The number of para-hydroxylation sites is 1. The Bertz CT molecular complexity index is 1100. The van der Waals surface area contributed by atoms with E-state index in [0.29, 0.717) is 22.0 Å². The average Bonchev–Trinajstić information content (AvgIpc) is 2.67. The molecule has 26 heavy (non-hydrogen) atoms. The van der Waals surface area contributed by atoms with E-state index in [1.54, 1.807) is 13.2 Å². The molecule has 0 spiro atoms. The largest absolute Gasteiger partial charge is 0.497 e. The van der Waals surface area contributed by atoms with Gasteiger partial charge in [0.25, 0.3) is 0 Å². The van der Waals surface area contributed by atoms with E-state index < -0.39 is 0 Å². The molecule has 0 aliphatic carbocycles. The predicted molar refractivity (Wildman–Crippen MR) is 105 cm³/mol. The third kappa shape index (κ3) is 3.11. The van der Waals surface area contributed by atoms with Crippen LogP contribution in [0.2, 0.25) is 0 Å². The summed E-state index contributed by atoms with van der Waals surface area (Å²) in [5, 5.41) is 1.01. The molecule has 0 amide bonds. The maximum Gasteiger partial charge on any atom is 0.340 e. The Morgan fingerprint density at radius 2 is 2.00 bits per heavy atom. The number of hydrogen-bond donors (Lipinski definition) is 1. The first-order chi connectivity index (χ1) is 12.6. The minimum atomic E-state index is -0.364. The number of fused-ring (bicyclic) bond motifs is 1. The third-order valence-corrected chi connectivity index (χ3v) is 5.10. The van der Waals surface area contributed by atoms with Crippen LogP contribution in [0.3, 0.4) is 0 Å². The zero-order chi connectivity index (χ0) is 18.1. The van der Waals surface area contributed by atoms with Gasteiger partial charge in [0, 0.05) is 10.9 Å². The summed E-state index contributed by atoms with van der Waals surface area (Å²) >= 11 is 1.33. The zero-order valence-electron chi connectivity index (χ0n) is 14.0. The Hall–Kier alpha value is -2.99. The van der Waals surface area contributed by atoms with Gasteiger partial charge in [-0.15, -0.1) is 0 Å². The number of nitrogens with zero attached hydrogens (tertiary/aromatic N) is 1. The van der Waals surface area contributed by atoms with Crippen LogP contribution in [0.1, 0.15) is 16.4 Å². The van der Waals surface area contributed by atoms with Crippen molar-refractivity contribution in [3.05, 3.63) is 82.2 Å². The number of methoxy groups -OCH3 is 1. The average molecular weight is 364 g/mol. The fourth-order valence-electron chi connectivity index (χ4n) is 2.86. The predicted octanol–water partition coefficient (Wildman–Crippen LogP) is 3.95. The highest BCUT2D eigenvalue weighted by Crippen LogP contribution is 2.37. The molecule has 2 N–H and O–H groups in total. The van der Waals surface area contributed by atoms with E-state index in [9.17, 15) is 4.79 Å². The van der Waals surface area contributed by atoms with Crippen molar-refractivity contribution in [3.63, 3.8) is 0 Å². The highest BCUT2D eigenvalue weighted by Gasteiger charge is 2.22. The molecule has 0 saturated carbocycles. The van der Waals surface area contributed by atoms with E-state index in [1.165, 1.54) is 11.8 Å². The molecule has 1 aliphatic rings. The van der Waals surface area contributed by atoms with Crippen molar-refractivity contribution in [3.8, 4) is 5.75 Å². The van der Waals surface area contributed by atoms with Crippen LogP contribution in [0, 0.1) is 0 Å². The van der Waals surface area contributed by atoms with Gasteiger partial charge in [-0.1, -0.05) is 42.1 Å². The number of rotatable bonds is 3. The first-order valence-corrected chi connectivity index (χ1v) is 8.92. The van der Waals surface area contributed by atoms with Crippen LogP contribution in [0.5, 0.6) is 5.75 Å². The molecular formula is C20H16N2O3S. The summed E-state index contributed by atoms with van der Waals surface area (Å²) in [6, 6.07) is 16.9. The number of thioether (sulfide) groups is 1. The number of amidine groups is 1. The second-order valence-electron chi connectivity index (χ2n) is 5.80. The van der Waals surface area contributed by atoms with Gasteiger partial charge in [0.05, 0.1) is 23.6 Å². The Kier molecular flexibility index (Phi) is 4.26. The molecule has 1 aromatic heterocycles. The standard InChI is InChI=1S/C20H16N2O3S/c1-24-14-7-4-6-12(9-14)16-11-18(26-20(21)22-16)15-10-13-5-2-3-8-17(13)25-19(15)23/h2-11,18H,1H3,(H2,21,22). The molecule has 4 rings (SSSR count). The van der Waals surface area contributed by atoms with Gasteiger partial charge < -0.3 is 14.9 Å². The molecule has 130 valence electrons. The molecule has 0 bridgehead atoms. The molecule has 5 nitrogen and oxygen atoms in total. The van der Waals surface area contributed by atoms with Crippen molar-refractivity contribution in [1.29, 1.82) is 0 Å². The molecule has 3 aromatic rings. The quantitative estimate of drug-likeness (QED) is 0.712. The van der Waals surface area contributed by atoms with Crippen LogP contribution in [0.15, 0.2) is 74.9 Å². The normalized spacial score (nSPS) is 16.9. The fraction of sp³-hybridized carbons (Fsp3) is 0.100. The van der Waals surface area contributed by atoms with Crippen LogP contribution in [-0.2, 0) is 0 Å². The van der Waals surface area contributed by atoms with E-state index in [2.05, 4.69) is 4.99 Å². The number of nitrogens with two attached hydrogens (primary N) is 1. The van der Waals surface area contributed by atoms with Gasteiger partial charge in [-0.2, -0.15) is 0 Å². The maximum absolute atomic E-state index is 12.5. The van der Waals surface area contributed by atoms with Gasteiger partial charge in [0.15, 0.2) is 5.17 Å². The van der Waals surface area contributed by atoms with E-state index in [4.69, 9.17) is 14.9 Å². The highest BCUT2D eigenvalue weighted by molar-refractivity contribution is 8.14. The molecule has 2 heterocycles. The third-order valence-electron chi connectivity index (χ3n) is 4.13. The molecule has 0 fully saturated rings. The Labute approximate surface area is 154 Å². The van der Waals surface area contributed by atoms with Crippen molar-refractivity contribution in [1.82, 2.24) is 0 Å². The van der Waals surface area contributed by atoms with Gasteiger partial charge in [0.1, 0.15) is 11.3 Å². The first-order valence-electron chi connectivity index (χ1n) is 8.04. The minimum Gasteiger partial charge on any atom is -0.497 e. The molecule has 2 aromatic carbocycles. The van der Waals surface area contributed by atoms with Crippen molar-refractivity contribution in [2.24, 2.45) is 10.7 Å². The Morgan fingerprint density at radius 1 is 1.15 bits per heavy atom. The lowest BCUT2D eigenvalue weighted by Crippen LogP contribution is -2.17. The number of benzene rings is 2. The van der Waals surface area contributed by atoms with E-state index in [0.717, 1.165) is 16.7 Å². The molecule has 0 radical (unpaired) electrons. The Balaban J connectivity index is 1.80. The van der Waals surface area contributed by atoms with Crippen LogP contribution in [-0.4, -0.2) is 12.3 Å². The summed E-state index contributed by atoms with van der Waals surface area (Å²) in [6.45, 7) is 0. The zero-order valence-corrected chi connectivity index (χ0v) is 14.8. The Morgan fingerprint density at radius 3 is 2.85 bits per heavy atom.